The molecule has 166 valence electrons. The maximum atomic E-state index is 13.5. The molecule has 31 heavy (non-hydrogen) atoms. The normalized spacial score (nSPS) is 13.6. The number of hydrogen-bond donors (Lipinski definition) is 1. The predicted octanol–water partition coefficient (Wildman–Crippen LogP) is 4.96. The van der Waals surface area contributed by atoms with Crippen molar-refractivity contribution >= 4 is 21.2 Å². The zero-order chi connectivity index (χ0) is 22.4. The Morgan fingerprint density at radius 1 is 1.23 bits per heavy atom. The van der Waals surface area contributed by atoms with Gasteiger partial charge in [-0.2, -0.15) is 8.42 Å². The molecule has 2 N–H and O–H groups in total. The van der Waals surface area contributed by atoms with E-state index >= 15 is 0 Å². The minimum absolute atomic E-state index is 0.0265. The molecule has 0 aliphatic heterocycles. The van der Waals surface area contributed by atoms with Crippen LogP contribution in [0.15, 0.2) is 63.7 Å². The fraction of sp³-hybridized carbons (Fsp3) is 0.348. The first-order valence-corrected chi connectivity index (χ1v) is 11.7. The minimum atomic E-state index is -4.10. The first-order chi connectivity index (χ1) is 14.8. The summed E-state index contributed by atoms with van der Waals surface area (Å²) >= 11 is 0. The molecule has 3 aromatic rings. The lowest BCUT2D eigenvalue weighted by Gasteiger charge is -2.16. The highest BCUT2D eigenvalue weighted by Crippen LogP contribution is 2.22. The fourth-order valence-electron chi connectivity index (χ4n) is 3.11. The number of benzene rings is 2. The average molecular weight is 447 g/mol. The van der Waals surface area contributed by atoms with Crippen LogP contribution in [0.4, 0.5) is 4.39 Å². The number of unbranched alkanes of at least 4 members (excludes halogenated alkanes) is 1. The van der Waals surface area contributed by atoms with Gasteiger partial charge in [0.05, 0.1) is 11.2 Å². The average Bonchev–Trinajstić information content (AvgIpc) is 3.14. The third-order valence-corrected chi connectivity index (χ3v) is 6.30. The van der Waals surface area contributed by atoms with Crippen LogP contribution in [-0.4, -0.2) is 19.6 Å². The molecule has 3 rings (SSSR count). The van der Waals surface area contributed by atoms with Crippen LogP contribution < -0.4 is 5.73 Å². The molecule has 1 heterocycles. The van der Waals surface area contributed by atoms with Gasteiger partial charge in [0.25, 0.3) is 10.1 Å². The second kappa shape index (κ2) is 10.2. The predicted molar refractivity (Wildman–Crippen MR) is 118 cm³/mol. The van der Waals surface area contributed by atoms with Crippen LogP contribution in [0.5, 0.6) is 0 Å². The standard InChI is InChI=1S/C23H27FN2O4S/c1-3-4-5-22-26-20-13-9-17(14-21(20)29-22)8-10-18(15-24)23(25)30-31(27,28)19-11-6-16(2)7-12-19/h6-7,9,11-15,23H,3-5,8,10,25H2,1-2H3. The maximum Gasteiger partial charge on any atom is 0.298 e. The van der Waals surface area contributed by atoms with Gasteiger partial charge in [0.15, 0.2) is 11.5 Å². The van der Waals surface area contributed by atoms with Crippen molar-refractivity contribution in [2.45, 2.75) is 57.1 Å². The van der Waals surface area contributed by atoms with Crippen LogP contribution in [0.2, 0.25) is 0 Å². The second-order valence-electron chi connectivity index (χ2n) is 7.48. The van der Waals surface area contributed by atoms with Gasteiger partial charge in [-0.15, -0.1) is 0 Å². The van der Waals surface area contributed by atoms with E-state index in [0.717, 1.165) is 35.9 Å². The largest absolute Gasteiger partial charge is 0.441 e. The number of oxazole rings is 1. The minimum Gasteiger partial charge on any atom is -0.441 e. The van der Waals surface area contributed by atoms with Gasteiger partial charge in [-0.25, -0.2) is 13.6 Å². The molecule has 0 radical (unpaired) electrons. The number of nitrogens with two attached hydrogens (primary N) is 1. The summed E-state index contributed by atoms with van der Waals surface area (Å²) in [5.41, 5.74) is 9.17. The van der Waals surface area contributed by atoms with Crippen molar-refractivity contribution in [3.63, 3.8) is 0 Å². The number of hydrogen-bond acceptors (Lipinski definition) is 6. The first kappa shape index (κ1) is 23.1. The van der Waals surface area contributed by atoms with E-state index < -0.39 is 16.3 Å². The van der Waals surface area contributed by atoms with Gasteiger partial charge in [-0.3, -0.25) is 0 Å². The Morgan fingerprint density at radius 3 is 2.65 bits per heavy atom. The zero-order valence-electron chi connectivity index (χ0n) is 17.7. The van der Waals surface area contributed by atoms with Gasteiger partial charge in [-0.05, 0) is 56.0 Å². The summed E-state index contributed by atoms with van der Waals surface area (Å²) in [6, 6.07) is 11.8. The summed E-state index contributed by atoms with van der Waals surface area (Å²) in [6.45, 7) is 3.95. The lowest BCUT2D eigenvalue weighted by molar-refractivity contribution is 0.245. The SMILES string of the molecule is CCCCc1nc2ccc(CCC(=CF)C(N)OS(=O)(=O)c3ccc(C)cc3)cc2o1. The Kier molecular flexibility index (Phi) is 7.59. The van der Waals surface area contributed by atoms with E-state index in [4.69, 9.17) is 14.3 Å². The molecule has 0 spiro atoms. The Labute approximate surface area is 182 Å². The van der Waals surface area contributed by atoms with Gasteiger partial charge in [0, 0.05) is 12.0 Å². The van der Waals surface area contributed by atoms with Crippen LogP contribution in [0.25, 0.3) is 11.1 Å². The van der Waals surface area contributed by atoms with Crippen molar-refractivity contribution < 1.29 is 21.4 Å². The molecule has 0 bridgehead atoms. The number of nitrogens with zero attached hydrogens (tertiary/aromatic N) is 1. The Hall–Kier alpha value is -2.55. The molecule has 2 aromatic carbocycles. The van der Waals surface area contributed by atoms with E-state index in [1.54, 1.807) is 12.1 Å². The van der Waals surface area contributed by atoms with Crippen LogP contribution in [-0.2, 0) is 27.1 Å². The third-order valence-electron chi connectivity index (χ3n) is 4.99. The molecule has 0 saturated carbocycles. The van der Waals surface area contributed by atoms with Crippen molar-refractivity contribution in [2.75, 3.05) is 0 Å². The van der Waals surface area contributed by atoms with Crippen molar-refractivity contribution in [3.05, 3.63) is 71.4 Å². The smallest absolute Gasteiger partial charge is 0.298 e. The maximum absolute atomic E-state index is 13.5. The fourth-order valence-corrected chi connectivity index (χ4v) is 4.09. The van der Waals surface area contributed by atoms with Crippen molar-refractivity contribution in [2.24, 2.45) is 5.73 Å². The lowest BCUT2D eigenvalue weighted by atomic mass is 10.0. The number of rotatable bonds is 10. The molecule has 8 heteroatoms. The van der Waals surface area contributed by atoms with Crippen molar-refractivity contribution in [3.8, 4) is 0 Å². The molecule has 0 aliphatic carbocycles. The molecule has 1 unspecified atom stereocenters. The molecular weight excluding hydrogens is 419 g/mol. The molecule has 0 aliphatic rings. The van der Waals surface area contributed by atoms with Gasteiger partial charge in [0.1, 0.15) is 11.7 Å². The van der Waals surface area contributed by atoms with Crippen LogP contribution in [0, 0.1) is 6.92 Å². The van der Waals surface area contributed by atoms with Crippen molar-refractivity contribution in [1.29, 1.82) is 0 Å². The Morgan fingerprint density at radius 2 is 1.97 bits per heavy atom. The molecule has 0 saturated heterocycles. The quantitative estimate of drug-likeness (QED) is 0.349. The summed E-state index contributed by atoms with van der Waals surface area (Å²) in [5.74, 6) is 0.704. The van der Waals surface area contributed by atoms with Crippen LogP contribution in [0.3, 0.4) is 0 Å². The Balaban J connectivity index is 1.64. The topological polar surface area (TPSA) is 95.4 Å². The molecule has 1 aromatic heterocycles. The van der Waals surface area contributed by atoms with Crippen LogP contribution in [0.1, 0.15) is 43.2 Å². The van der Waals surface area contributed by atoms with E-state index in [0.29, 0.717) is 24.2 Å². The summed E-state index contributed by atoms with van der Waals surface area (Å²) < 4.78 is 49.1. The highest BCUT2D eigenvalue weighted by Gasteiger charge is 2.22. The van der Waals surface area contributed by atoms with Gasteiger partial charge in [-0.1, -0.05) is 37.1 Å². The van der Waals surface area contributed by atoms with E-state index in [-0.39, 0.29) is 16.9 Å². The van der Waals surface area contributed by atoms with E-state index in [9.17, 15) is 12.8 Å². The summed E-state index contributed by atoms with van der Waals surface area (Å²) in [5, 5.41) is 0. The van der Waals surface area contributed by atoms with E-state index in [2.05, 4.69) is 11.9 Å². The first-order valence-electron chi connectivity index (χ1n) is 10.3. The number of halogens is 1. The van der Waals surface area contributed by atoms with E-state index in [1.165, 1.54) is 12.1 Å². The van der Waals surface area contributed by atoms with Gasteiger partial charge in [0.2, 0.25) is 0 Å². The zero-order valence-corrected chi connectivity index (χ0v) is 18.5. The van der Waals surface area contributed by atoms with E-state index in [1.807, 2.05) is 25.1 Å². The number of aryl methyl sites for hydroxylation is 3. The summed E-state index contributed by atoms with van der Waals surface area (Å²) in [7, 11) is -4.10. The molecule has 0 amide bonds. The van der Waals surface area contributed by atoms with Crippen LogP contribution >= 0.6 is 0 Å². The summed E-state index contributed by atoms with van der Waals surface area (Å²) in [4.78, 5) is 4.43. The number of aromatic nitrogens is 1. The highest BCUT2D eigenvalue weighted by molar-refractivity contribution is 7.86. The summed E-state index contributed by atoms with van der Waals surface area (Å²) in [6.07, 6.45) is 2.40. The molecule has 0 fully saturated rings. The Bertz CT molecular complexity index is 1150. The molecular formula is C23H27FN2O4S. The molecule has 1 atom stereocenters. The molecule has 6 nitrogen and oxygen atoms in total. The number of fused-ring (bicyclic) bond motifs is 1. The third kappa shape index (κ3) is 6.00. The van der Waals surface area contributed by atoms with Gasteiger partial charge < -0.3 is 10.2 Å². The highest BCUT2D eigenvalue weighted by atomic mass is 32.2. The van der Waals surface area contributed by atoms with Crippen molar-refractivity contribution in [1.82, 2.24) is 4.98 Å². The lowest BCUT2D eigenvalue weighted by Crippen LogP contribution is -2.29. The van der Waals surface area contributed by atoms with Gasteiger partial charge >= 0.3 is 0 Å². The second-order valence-corrected chi connectivity index (χ2v) is 9.05. The monoisotopic (exact) mass is 446 g/mol.